The van der Waals surface area contributed by atoms with Gasteiger partial charge in [-0.3, -0.25) is 13.9 Å². The second-order valence-corrected chi connectivity index (χ2v) is 11.2. The number of nitrogens with one attached hydrogen (secondary N) is 1. The molecule has 0 aliphatic carbocycles. The lowest BCUT2D eigenvalue weighted by Gasteiger charge is -2.32. The van der Waals surface area contributed by atoms with Crippen LogP contribution < -0.4 is 9.62 Å². The van der Waals surface area contributed by atoms with Crippen molar-refractivity contribution in [2.24, 2.45) is 0 Å². The van der Waals surface area contributed by atoms with Crippen LogP contribution in [0.4, 0.5) is 10.1 Å². The predicted octanol–water partition coefficient (Wildman–Crippen LogP) is 4.93. The number of benzene rings is 3. The fraction of sp³-hybridized carbons (Fsp3) is 0.286. The van der Waals surface area contributed by atoms with Crippen LogP contribution in [0.15, 0.2) is 77.7 Å². The largest absolute Gasteiger partial charge is 0.354 e. The van der Waals surface area contributed by atoms with E-state index < -0.39 is 40.2 Å². The molecule has 10 heteroatoms. The summed E-state index contributed by atoms with van der Waals surface area (Å²) in [4.78, 5) is 27.8. The summed E-state index contributed by atoms with van der Waals surface area (Å²) in [5.41, 5.74) is 1.30. The molecule has 0 fully saturated rings. The highest BCUT2D eigenvalue weighted by Crippen LogP contribution is 2.26. The predicted molar refractivity (Wildman–Crippen MR) is 147 cm³/mol. The first-order valence-electron chi connectivity index (χ1n) is 12.2. The molecule has 0 heterocycles. The van der Waals surface area contributed by atoms with Crippen LogP contribution in [0.3, 0.4) is 0 Å². The average molecular weight is 560 g/mol. The van der Waals surface area contributed by atoms with Crippen molar-refractivity contribution in [2.75, 3.05) is 17.4 Å². The second-order valence-electron chi connectivity index (χ2n) is 8.88. The Morgan fingerprint density at radius 3 is 2.24 bits per heavy atom. The van der Waals surface area contributed by atoms with Gasteiger partial charge in [0, 0.05) is 23.7 Å². The van der Waals surface area contributed by atoms with Crippen LogP contribution in [-0.2, 0) is 26.2 Å². The Balaban J connectivity index is 2.02. The van der Waals surface area contributed by atoms with Gasteiger partial charge in [-0.1, -0.05) is 54.4 Å². The highest BCUT2D eigenvalue weighted by atomic mass is 35.5. The van der Waals surface area contributed by atoms with Gasteiger partial charge in [0.2, 0.25) is 11.8 Å². The minimum Gasteiger partial charge on any atom is -0.354 e. The topological polar surface area (TPSA) is 86.8 Å². The summed E-state index contributed by atoms with van der Waals surface area (Å²) in [6.07, 6.45) is 0.693. The molecule has 0 spiro atoms. The number of aryl methyl sites for hydroxylation is 1. The van der Waals surface area contributed by atoms with Gasteiger partial charge in [0.15, 0.2) is 0 Å². The average Bonchev–Trinajstić information content (AvgIpc) is 2.90. The van der Waals surface area contributed by atoms with Gasteiger partial charge >= 0.3 is 0 Å². The van der Waals surface area contributed by atoms with Crippen LogP contribution in [0.25, 0.3) is 0 Å². The van der Waals surface area contributed by atoms with E-state index in [-0.39, 0.29) is 22.7 Å². The molecule has 202 valence electrons. The summed E-state index contributed by atoms with van der Waals surface area (Å²) >= 11 is 6.02. The van der Waals surface area contributed by atoms with Crippen LogP contribution in [-0.4, -0.2) is 44.3 Å². The van der Waals surface area contributed by atoms with E-state index >= 15 is 0 Å². The molecule has 1 atom stereocenters. The van der Waals surface area contributed by atoms with Gasteiger partial charge < -0.3 is 10.2 Å². The number of hydrogen-bond donors (Lipinski definition) is 1. The molecule has 0 bridgehead atoms. The monoisotopic (exact) mass is 559 g/mol. The fourth-order valence-corrected chi connectivity index (χ4v) is 5.30. The van der Waals surface area contributed by atoms with Crippen molar-refractivity contribution in [1.29, 1.82) is 0 Å². The number of hydrogen-bond acceptors (Lipinski definition) is 4. The molecule has 0 saturated carbocycles. The highest BCUT2D eigenvalue weighted by Gasteiger charge is 2.32. The zero-order chi connectivity index (χ0) is 27.9. The minimum absolute atomic E-state index is 0.000223. The summed E-state index contributed by atoms with van der Waals surface area (Å²) in [5.74, 6) is -1.62. The van der Waals surface area contributed by atoms with Crippen LogP contribution in [0, 0.1) is 12.7 Å². The number of sulfonamides is 1. The van der Waals surface area contributed by atoms with Crippen molar-refractivity contribution < 1.29 is 22.4 Å². The molecule has 38 heavy (non-hydrogen) atoms. The van der Waals surface area contributed by atoms with Crippen LogP contribution >= 0.6 is 11.6 Å². The molecule has 1 N–H and O–H groups in total. The van der Waals surface area contributed by atoms with Crippen molar-refractivity contribution in [2.45, 2.75) is 44.7 Å². The Hall–Kier alpha value is -3.43. The molecule has 3 aromatic carbocycles. The number of carbonyl (C=O) groups excluding carboxylic acids is 2. The van der Waals surface area contributed by atoms with Crippen molar-refractivity contribution in [1.82, 2.24) is 10.2 Å². The molecule has 3 aromatic rings. The van der Waals surface area contributed by atoms with Crippen molar-refractivity contribution in [3.05, 3.63) is 94.8 Å². The molecule has 3 rings (SSSR count). The van der Waals surface area contributed by atoms with Gasteiger partial charge in [-0.25, -0.2) is 12.8 Å². The Morgan fingerprint density at radius 2 is 1.63 bits per heavy atom. The van der Waals surface area contributed by atoms with Gasteiger partial charge in [0.1, 0.15) is 18.4 Å². The third-order valence-corrected chi connectivity index (χ3v) is 8.06. The van der Waals surface area contributed by atoms with Crippen LogP contribution in [0.2, 0.25) is 5.02 Å². The molecule has 1 unspecified atom stereocenters. The van der Waals surface area contributed by atoms with Crippen LogP contribution in [0.1, 0.15) is 31.4 Å². The summed E-state index contributed by atoms with van der Waals surface area (Å²) < 4.78 is 43.0. The molecule has 0 aromatic heterocycles. The van der Waals surface area contributed by atoms with Gasteiger partial charge in [0.05, 0.1) is 10.6 Å². The van der Waals surface area contributed by atoms with E-state index in [1.807, 2.05) is 13.8 Å². The standard InChI is InChI=1S/C28H31ClFN3O4S/c1-4-17-31-28(35)21(3)32(18-22-7-5-6-8-26(22)30)27(34)19-33(24-13-11-23(29)12-14-24)38(36,37)25-15-9-20(2)10-16-25/h5-16,21H,4,17-19H2,1-3H3,(H,31,35). The maximum absolute atomic E-state index is 14.5. The molecule has 0 aliphatic heterocycles. The first kappa shape index (κ1) is 29.1. The Kier molecular flexibility index (Phi) is 9.88. The van der Waals surface area contributed by atoms with Crippen molar-refractivity contribution in [3.8, 4) is 0 Å². The molecule has 0 radical (unpaired) electrons. The number of carbonyl (C=O) groups is 2. The summed E-state index contributed by atoms with van der Waals surface area (Å²) in [6.45, 7) is 4.84. The Labute approximate surface area is 228 Å². The SMILES string of the molecule is CCCNC(=O)C(C)N(Cc1ccccc1F)C(=O)CN(c1ccc(Cl)cc1)S(=O)(=O)c1ccc(C)cc1. The summed E-state index contributed by atoms with van der Waals surface area (Å²) in [6, 6.07) is 17.3. The van der Waals surface area contributed by atoms with E-state index in [1.54, 1.807) is 18.2 Å². The van der Waals surface area contributed by atoms with Crippen molar-refractivity contribution in [3.63, 3.8) is 0 Å². The van der Waals surface area contributed by atoms with E-state index in [0.717, 1.165) is 9.87 Å². The molecular weight excluding hydrogens is 529 g/mol. The Morgan fingerprint density at radius 1 is 1.00 bits per heavy atom. The lowest BCUT2D eigenvalue weighted by Crippen LogP contribution is -2.51. The van der Waals surface area contributed by atoms with E-state index in [9.17, 15) is 22.4 Å². The molecule has 2 amide bonds. The van der Waals surface area contributed by atoms with E-state index in [4.69, 9.17) is 11.6 Å². The molecule has 0 saturated heterocycles. The lowest BCUT2D eigenvalue weighted by atomic mass is 10.1. The number of rotatable bonds is 11. The Bertz CT molecular complexity index is 1370. The number of anilines is 1. The van der Waals surface area contributed by atoms with Crippen molar-refractivity contribution >= 4 is 39.1 Å². The number of nitrogens with zero attached hydrogens (tertiary/aromatic N) is 2. The minimum atomic E-state index is -4.19. The lowest BCUT2D eigenvalue weighted by molar-refractivity contribution is -0.139. The first-order chi connectivity index (χ1) is 18.0. The molecule has 7 nitrogen and oxygen atoms in total. The zero-order valence-electron chi connectivity index (χ0n) is 21.5. The first-order valence-corrected chi connectivity index (χ1v) is 14.0. The van der Waals surface area contributed by atoms with E-state index in [2.05, 4.69) is 5.32 Å². The molecule has 0 aliphatic rings. The van der Waals surface area contributed by atoms with Crippen LogP contribution in [0.5, 0.6) is 0 Å². The summed E-state index contributed by atoms with van der Waals surface area (Å²) in [5, 5.41) is 3.15. The van der Waals surface area contributed by atoms with Gasteiger partial charge in [-0.05, 0) is 62.7 Å². The number of halogens is 2. The van der Waals surface area contributed by atoms with E-state index in [1.165, 1.54) is 66.4 Å². The van der Waals surface area contributed by atoms with Gasteiger partial charge in [-0.15, -0.1) is 0 Å². The zero-order valence-corrected chi connectivity index (χ0v) is 23.1. The number of amides is 2. The maximum Gasteiger partial charge on any atom is 0.264 e. The van der Waals surface area contributed by atoms with Gasteiger partial charge in [0.25, 0.3) is 10.0 Å². The highest BCUT2D eigenvalue weighted by molar-refractivity contribution is 7.92. The summed E-state index contributed by atoms with van der Waals surface area (Å²) in [7, 11) is -4.19. The quantitative estimate of drug-likeness (QED) is 0.361. The van der Waals surface area contributed by atoms with E-state index in [0.29, 0.717) is 18.0 Å². The smallest absolute Gasteiger partial charge is 0.264 e. The second kappa shape index (κ2) is 12.9. The fourth-order valence-electron chi connectivity index (χ4n) is 3.76. The maximum atomic E-state index is 14.5. The third-order valence-electron chi connectivity index (χ3n) is 6.02. The third kappa shape index (κ3) is 7.11. The van der Waals surface area contributed by atoms with Gasteiger partial charge in [-0.2, -0.15) is 0 Å². The molecular formula is C28H31ClFN3O4S. The normalized spacial score (nSPS) is 12.0.